The summed E-state index contributed by atoms with van der Waals surface area (Å²) in [5.74, 6) is 0.798. The highest BCUT2D eigenvalue weighted by molar-refractivity contribution is 7.99. The topological polar surface area (TPSA) is 53.1 Å². The number of allylic oxidation sites excluding steroid dienone is 1. The molecule has 3 rings (SSSR count). The number of aromatic nitrogens is 1. The van der Waals surface area contributed by atoms with Crippen molar-refractivity contribution in [2.45, 2.75) is 43.9 Å². The Labute approximate surface area is 180 Å². The molecule has 0 saturated carbocycles. The van der Waals surface area contributed by atoms with E-state index < -0.39 is 0 Å². The molecule has 29 heavy (non-hydrogen) atoms. The highest BCUT2D eigenvalue weighted by atomic mass is 35.5. The lowest BCUT2D eigenvalue weighted by atomic mass is 10.1. The van der Waals surface area contributed by atoms with Crippen molar-refractivity contribution in [1.29, 1.82) is 0 Å². The number of halogens is 1. The average molecular weight is 428 g/mol. The number of aromatic hydroxyl groups is 1. The number of nitrogens with one attached hydrogen (secondary N) is 1. The van der Waals surface area contributed by atoms with E-state index in [1.165, 1.54) is 17.3 Å². The monoisotopic (exact) mass is 427 g/mol. The summed E-state index contributed by atoms with van der Waals surface area (Å²) < 4.78 is 0. The molecule has 0 bridgehead atoms. The zero-order valence-electron chi connectivity index (χ0n) is 16.6. The summed E-state index contributed by atoms with van der Waals surface area (Å²) >= 11 is 7.63. The SMILES string of the molecule is CCCCC=Cc1cc(Cl)cc2[nH]c(=O)c(SCCCc3ccccc3)c(O)c12. The van der Waals surface area contributed by atoms with Crippen LogP contribution in [0.4, 0.5) is 0 Å². The first kappa shape index (κ1) is 21.5. The predicted octanol–water partition coefficient (Wildman–Crippen LogP) is 6.82. The van der Waals surface area contributed by atoms with Gasteiger partial charge in [0, 0.05) is 10.4 Å². The summed E-state index contributed by atoms with van der Waals surface area (Å²) in [7, 11) is 0. The molecule has 1 aromatic heterocycles. The first-order valence-electron chi connectivity index (χ1n) is 10.0. The van der Waals surface area contributed by atoms with Gasteiger partial charge < -0.3 is 10.1 Å². The lowest BCUT2D eigenvalue weighted by molar-refractivity contribution is 0.467. The van der Waals surface area contributed by atoms with Crippen LogP contribution in [0.2, 0.25) is 5.02 Å². The number of rotatable bonds is 9. The molecule has 1 heterocycles. The van der Waals surface area contributed by atoms with E-state index >= 15 is 0 Å². The smallest absolute Gasteiger partial charge is 0.265 e. The van der Waals surface area contributed by atoms with E-state index in [1.807, 2.05) is 30.3 Å². The van der Waals surface area contributed by atoms with Gasteiger partial charge in [0.05, 0.1) is 5.52 Å². The van der Waals surface area contributed by atoms with E-state index in [0.717, 1.165) is 43.4 Å². The van der Waals surface area contributed by atoms with Crippen LogP contribution in [0.5, 0.6) is 5.75 Å². The molecule has 0 spiro atoms. The van der Waals surface area contributed by atoms with Gasteiger partial charge in [0.1, 0.15) is 10.6 Å². The number of hydrogen-bond acceptors (Lipinski definition) is 3. The Morgan fingerprint density at radius 2 is 1.97 bits per heavy atom. The number of aromatic amines is 1. The fraction of sp³-hybridized carbons (Fsp3) is 0.292. The van der Waals surface area contributed by atoms with Gasteiger partial charge >= 0.3 is 0 Å². The summed E-state index contributed by atoms with van der Waals surface area (Å²) in [4.78, 5) is 15.8. The Balaban J connectivity index is 1.83. The van der Waals surface area contributed by atoms with Crippen LogP contribution in [0.15, 0.2) is 58.2 Å². The number of pyridine rings is 1. The van der Waals surface area contributed by atoms with E-state index in [4.69, 9.17) is 11.6 Å². The third-order valence-corrected chi connectivity index (χ3v) is 6.14. The van der Waals surface area contributed by atoms with Crippen molar-refractivity contribution < 1.29 is 5.11 Å². The number of benzene rings is 2. The molecule has 0 unspecified atom stereocenters. The van der Waals surface area contributed by atoms with Crippen LogP contribution >= 0.6 is 23.4 Å². The van der Waals surface area contributed by atoms with Gasteiger partial charge in [-0.25, -0.2) is 0 Å². The Morgan fingerprint density at radius 3 is 2.72 bits per heavy atom. The number of unbranched alkanes of at least 4 members (excludes halogenated alkanes) is 2. The summed E-state index contributed by atoms with van der Waals surface area (Å²) in [6, 6.07) is 13.8. The number of aryl methyl sites for hydroxylation is 1. The number of hydrogen-bond donors (Lipinski definition) is 2. The van der Waals surface area contributed by atoms with Crippen LogP contribution in [-0.2, 0) is 6.42 Å². The normalized spacial score (nSPS) is 11.5. The van der Waals surface area contributed by atoms with Crippen LogP contribution in [-0.4, -0.2) is 15.8 Å². The molecular weight excluding hydrogens is 402 g/mol. The van der Waals surface area contributed by atoms with Gasteiger partial charge in [-0.3, -0.25) is 4.79 Å². The van der Waals surface area contributed by atoms with Crippen molar-refractivity contribution in [2.75, 3.05) is 5.75 Å². The number of fused-ring (bicyclic) bond motifs is 1. The van der Waals surface area contributed by atoms with E-state index in [0.29, 0.717) is 20.8 Å². The molecule has 2 aromatic carbocycles. The molecule has 5 heteroatoms. The van der Waals surface area contributed by atoms with Crippen molar-refractivity contribution in [1.82, 2.24) is 4.98 Å². The van der Waals surface area contributed by atoms with E-state index in [9.17, 15) is 9.90 Å². The van der Waals surface area contributed by atoms with E-state index in [-0.39, 0.29) is 11.3 Å². The van der Waals surface area contributed by atoms with Crippen molar-refractivity contribution >= 4 is 40.3 Å². The first-order valence-corrected chi connectivity index (χ1v) is 11.4. The minimum Gasteiger partial charge on any atom is -0.506 e. The summed E-state index contributed by atoms with van der Waals surface area (Å²) in [6.45, 7) is 2.15. The lowest BCUT2D eigenvalue weighted by Gasteiger charge is -2.10. The maximum Gasteiger partial charge on any atom is 0.265 e. The second kappa shape index (κ2) is 10.6. The molecule has 3 aromatic rings. The van der Waals surface area contributed by atoms with E-state index in [1.54, 1.807) is 6.07 Å². The first-order chi connectivity index (χ1) is 14.1. The fourth-order valence-corrected chi connectivity index (χ4v) is 4.42. The van der Waals surface area contributed by atoms with Crippen LogP contribution in [0.3, 0.4) is 0 Å². The van der Waals surface area contributed by atoms with Crippen LogP contribution in [0.1, 0.15) is 43.7 Å². The van der Waals surface area contributed by atoms with E-state index in [2.05, 4.69) is 30.1 Å². The second-order valence-electron chi connectivity index (χ2n) is 7.03. The molecule has 0 aliphatic carbocycles. The molecule has 2 N–H and O–H groups in total. The Hall–Kier alpha value is -2.17. The molecule has 0 fully saturated rings. The summed E-state index contributed by atoms with van der Waals surface area (Å²) in [5, 5.41) is 12.1. The van der Waals surface area contributed by atoms with Crippen molar-refractivity contribution in [3.05, 3.63) is 75.0 Å². The molecule has 0 radical (unpaired) electrons. The van der Waals surface area contributed by atoms with Crippen molar-refractivity contribution in [2.24, 2.45) is 0 Å². The lowest BCUT2D eigenvalue weighted by Crippen LogP contribution is -2.09. The molecular formula is C24H26ClNO2S. The third kappa shape index (κ3) is 5.68. The van der Waals surface area contributed by atoms with Gasteiger partial charge in [0.25, 0.3) is 5.56 Å². The maximum atomic E-state index is 12.5. The molecule has 3 nitrogen and oxygen atoms in total. The molecule has 0 aliphatic heterocycles. The largest absolute Gasteiger partial charge is 0.506 e. The maximum absolute atomic E-state index is 12.5. The van der Waals surface area contributed by atoms with Crippen molar-refractivity contribution in [3.63, 3.8) is 0 Å². The zero-order valence-corrected chi connectivity index (χ0v) is 18.2. The van der Waals surface area contributed by atoms with Gasteiger partial charge in [0.2, 0.25) is 0 Å². The highest BCUT2D eigenvalue weighted by Crippen LogP contribution is 2.36. The molecule has 0 amide bonds. The fourth-order valence-electron chi connectivity index (χ4n) is 3.28. The van der Waals surface area contributed by atoms with Gasteiger partial charge in [0.15, 0.2) is 0 Å². The molecule has 0 atom stereocenters. The quantitative estimate of drug-likeness (QED) is 0.291. The van der Waals surface area contributed by atoms with Crippen LogP contribution in [0, 0.1) is 0 Å². The van der Waals surface area contributed by atoms with Gasteiger partial charge in [-0.15, -0.1) is 11.8 Å². The minimum absolute atomic E-state index is 0.0419. The minimum atomic E-state index is -0.275. The second-order valence-corrected chi connectivity index (χ2v) is 8.57. The predicted molar refractivity (Wildman–Crippen MR) is 125 cm³/mol. The molecule has 0 saturated heterocycles. The van der Waals surface area contributed by atoms with Gasteiger partial charge in [-0.2, -0.15) is 0 Å². The van der Waals surface area contributed by atoms with Crippen LogP contribution < -0.4 is 5.56 Å². The average Bonchev–Trinajstić information content (AvgIpc) is 2.70. The Bertz CT molecular complexity index is 1040. The Morgan fingerprint density at radius 1 is 1.17 bits per heavy atom. The van der Waals surface area contributed by atoms with Crippen LogP contribution in [0.25, 0.3) is 17.0 Å². The third-order valence-electron chi connectivity index (χ3n) is 4.76. The zero-order chi connectivity index (χ0) is 20.6. The standard InChI is InChI=1S/C24H26ClNO2S/c1-2-3-4-8-13-18-15-19(25)16-20-21(18)22(27)23(24(28)26-20)29-14-9-12-17-10-6-5-7-11-17/h5-8,10-11,13,15-16H,2-4,9,12,14H2,1H3,(H2,26,27,28). The van der Waals surface area contributed by atoms with Gasteiger partial charge in [-0.1, -0.05) is 73.9 Å². The molecule has 152 valence electrons. The van der Waals surface area contributed by atoms with Gasteiger partial charge in [-0.05, 0) is 48.3 Å². The molecule has 0 aliphatic rings. The number of H-pyrrole nitrogens is 1. The highest BCUT2D eigenvalue weighted by Gasteiger charge is 2.15. The Kier molecular flexibility index (Phi) is 7.84. The number of thioether (sulfide) groups is 1. The van der Waals surface area contributed by atoms with Crippen molar-refractivity contribution in [3.8, 4) is 5.75 Å². The summed E-state index contributed by atoms with van der Waals surface area (Å²) in [6.07, 6.45) is 9.15. The summed E-state index contributed by atoms with van der Waals surface area (Å²) in [5.41, 5.74) is 2.38.